The maximum absolute atomic E-state index is 12.9. The summed E-state index contributed by atoms with van der Waals surface area (Å²) < 4.78 is 45.9. The molecule has 0 bridgehead atoms. The number of carbonyl (C=O) groups is 3. The average molecular weight is 482 g/mol. The molecule has 0 saturated carbocycles. The van der Waals surface area contributed by atoms with Crippen LogP contribution in [0.1, 0.15) is 12.5 Å². The first-order chi connectivity index (χ1) is 15.8. The molecule has 1 unspecified atom stereocenters. The number of anilines is 1. The summed E-state index contributed by atoms with van der Waals surface area (Å²) in [5.74, 6) is -2.13. The van der Waals surface area contributed by atoms with Gasteiger partial charge in [0.2, 0.25) is 5.91 Å². The number of nitro groups is 1. The van der Waals surface area contributed by atoms with Crippen LogP contribution in [0, 0.1) is 10.1 Å². The van der Waals surface area contributed by atoms with Crippen molar-refractivity contribution in [3.05, 3.63) is 58.1 Å². The van der Waals surface area contributed by atoms with Gasteiger partial charge in [-0.05, 0) is 30.7 Å². The van der Waals surface area contributed by atoms with Gasteiger partial charge in [0.1, 0.15) is 23.6 Å². The van der Waals surface area contributed by atoms with Crippen LogP contribution in [-0.2, 0) is 15.1 Å². The van der Waals surface area contributed by atoms with E-state index in [0.717, 1.165) is 24.3 Å². The fourth-order valence-electron chi connectivity index (χ4n) is 3.26. The molecule has 0 aromatic heterocycles. The summed E-state index contributed by atoms with van der Waals surface area (Å²) in [6.07, 6.45) is -4.89. The molecule has 2 aromatic carbocycles. The molecule has 180 valence electrons. The predicted molar refractivity (Wildman–Crippen MR) is 109 cm³/mol. The fourth-order valence-corrected chi connectivity index (χ4v) is 3.26. The maximum atomic E-state index is 12.9. The number of carbonyl (C=O) groups excluding carboxylic acids is 3. The van der Waals surface area contributed by atoms with Gasteiger partial charge in [0.05, 0.1) is 23.8 Å². The predicted octanol–water partition coefficient (Wildman–Crippen LogP) is 2.91. The topological polar surface area (TPSA) is 140 Å². The molecule has 2 N–H and O–H groups in total. The fraction of sp³-hybridized carbons (Fsp3) is 0.250. The van der Waals surface area contributed by atoms with Crippen LogP contribution in [0.3, 0.4) is 0 Å². The summed E-state index contributed by atoms with van der Waals surface area (Å²) in [4.78, 5) is 48.7. The van der Waals surface area contributed by atoms with E-state index in [1.807, 2.05) is 0 Å². The van der Waals surface area contributed by atoms with Crippen molar-refractivity contribution in [2.75, 3.05) is 19.0 Å². The Hall–Kier alpha value is -4.36. The lowest BCUT2D eigenvalue weighted by atomic mass is 9.92. The van der Waals surface area contributed by atoms with Crippen molar-refractivity contribution in [2.45, 2.75) is 18.8 Å². The number of nitrogens with one attached hydrogen (secondary N) is 2. The highest BCUT2D eigenvalue weighted by Gasteiger charge is 2.49. The number of benzene rings is 2. The zero-order chi connectivity index (χ0) is 25.3. The highest BCUT2D eigenvalue weighted by atomic mass is 19.4. The van der Waals surface area contributed by atoms with Crippen molar-refractivity contribution in [3.63, 3.8) is 0 Å². The van der Waals surface area contributed by atoms with Crippen LogP contribution in [0.2, 0.25) is 0 Å². The molecule has 2 aromatic rings. The molecule has 1 fully saturated rings. The third-order valence-electron chi connectivity index (χ3n) is 4.91. The molecule has 4 amide bonds. The smallest absolute Gasteiger partial charge is 0.494 e. The molecule has 14 heteroatoms. The van der Waals surface area contributed by atoms with E-state index in [9.17, 15) is 37.7 Å². The number of ether oxygens (including phenoxy) is 2. The van der Waals surface area contributed by atoms with E-state index in [1.165, 1.54) is 32.2 Å². The van der Waals surface area contributed by atoms with Gasteiger partial charge in [-0.25, -0.2) is 4.79 Å². The van der Waals surface area contributed by atoms with Gasteiger partial charge in [0.25, 0.3) is 11.6 Å². The van der Waals surface area contributed by atoms with E-state index in [0.29, 0.717) is 4.90 Å². The Morgan fingerprint density at radius 3 is 2.41 bits per heavy atom. The summed E-state index contributed by atoms with van der Waals surface area (Å²) in [6.45, 7) is 0.639. The molecule has 11 nitrogen and oxygen atoms in total. The van der Waals surface area contributed by atoms with E-state index < -0.39 is 47.0 Å². The average Bonchev–Trinajstić information content (AvgIpc) is 2.97. The second-order valence-electron chi connectivity index (χ2n) is 7.21. The SMILES string of the molecule is COc1cc([N+](=O)[O-])ccc1NC(=O)CN1C(=O)NC(C)(c2ccc(OC(F)(F)F)cc2)C1=O. The number of nitro benzene ring substituents is 1. The molecule has 34 heavy (non-hydrogen) atoms. The normalized spacial score (nSPS) is 17.9. The van der Waals surface area contributed by atoms with Crippen LogP contribution in [0.5, 0.6) is 11.5 Å². The first-order valence-corrected chi connectivity index (χ1v) is 9.47. The summed E-state index contributed by atoms with van der Waals surface area (Å²) in [7, 11) is 1.24. The number of methoxy groups -OCH3 is 1. The standard InChI is InChI=1S/C20H17F3N4O7/c1-19(11-3-6-13(7-4-11)34-20(21,22)23)17(29)26(18(30)25-19)10-16(28)24-14-8-5-12(27(31)32)9-15(14)33-2/h3-9H,10H2,1-2H3,(H,24,28)(H,25,30). The van der Waals surface area contributed by atoms with Crippen molar-refractivity contribution in [1.82, 2.24) is 10.2 Å². The number of urea groups is 1. The zero-order valence-electron chi connectivity index (χ0n) is 17.6. The van der Waals surface area contributed by atoms with Crippen molar-refractivity contribution in [2.24, 2.45) is 0 Å². The summed E-state index contributed by atoms with van der Waals surface area (Å²) in [5.41, 5.74) is -1.67. The molecule has 1 heterocycles. The van der Waals surface area contributed by atoms with Gasteiger partial charge in [0, 0.05) is 6.07 Å². The van der Waals surface area contributed by atoms with Gasteiger partial charge in [-0.3, -0.25) is 24.6 Å². The third kappa shape index (κ3) is 5.00. The van der Waals surface area contributed by atoms with E-state index in [-0.39, 0.29) is 22.7 Å². The number of hydrogen-bond donors (Lipinski definition) is 2. The summed E-state index contributed by atoms with van der Waals surface area (Å²) >= 11 is 0. The van der Waals surface area contributed by atoms with Gasteiger partial charge >= 0.3 is 12.4 Å². The molecular formula is C20H17F3N4O7. The lowest BCUT2D eigenvalue weighted by molar-refractivity contribution is -0.384. The summed E-state index contributed by atoms with van der Waals surface area (Å²) in [5, 5.41) is 15.7. The zero-order valence-corrected chi connectivity index (χ0v) is 17.6. The number of nitrogens with zero attached hydrogens (tertiary/aromatic N) is 2. The first-order valence-electron chi connectivity index (χ1n) is 9.47. The molecule has 1 aliphatic heterocycles. The largest absolute Gasteiger partial charge is 0.573 e. The number of rotatable bonds is 7. The second kappa shape index (κ2) is 8.88. The van der Waals surface area contributed by atoms with Crippen molar-refractivity contribution in [3.8, 4) is 11.5 Å². The Morgan fingerprint density at radius 2 is 1.85 bits per heavy atom. The van der Waals surface area contributed by atoms with Gasteiger partial charge < -0.3 is 20.1 Å². The Kier molecular flexibility index (Phi) is 6.34. The number of hydrogen-bond acceptors (Lipinski definition) is 7. The molecule has 3 rings (SSSR count). The number of imide groups is 1. The number of halogens is 3. The molecule has 0 aliphatic carbocycles. The molecule has 0 spiro atoms. The van der Waals surface area contributed by atoms with E-state index >= 15 is 0 Å². The Balaban J connectivity index is 1.73. The van der Waals surface area contributed by atoms with Crippen LogP contribution < -0.4 is 20.1 Å². The van der Waals surface area contributed by atoms with Gasteiger partial charge in [-0.2, -0.15) is 0 Å². The molecule has 1 atom stereocenters. The maximum Gasteiger partial charge on any atom is 0.573 e. The molecule has 1 saturated heterocycles. The van der Waals surface area contributed by atoms with Gasteiger partial charge in [0.15, 0.2) is 0 Å². The minimum absolute atomic E-state index is 0.00856. The van der Waals surface area contributed by atoms with E-state index in [4.69, 9.17) is 4.74 Å². The molecule has 0 radical (unpaired) electrons. The summed E-state index contributed by atoms with van der Waals surface area (Å²) in [6, 6.07) is 6.91. The minimum Gasteiger partial charge on any atom is -0.494 e. The lowest BCUT2D eigenvalue weighted by Crippen LogP contribution is -2.42. The van der Waals surface area contributed by atoms with Crippen LogP contribution in [0.15, 0.2) is 42.5 Å². The van der Waals surface area contributed by atoms with Gasteiger partial charge in [-0.15, -0.1) is 13.2 Å². The molecule has 1 aliphatic rings. The lowest BCUT2D eigenvalue weighted by Gasteiger charge is -2.22. The Labute approximate surface area is 189 Å². The monoisotopic (exact) mass is 482 g/mol. The minimum atomic E-state index is -4.89. The second-order valence-corrected chi connectivity index (χ2v) is 7.21. The quantitative estimate of drug-likeness (QED) is 0.351. The van der Waals surface area contributed by atoms with E-state index in [2.05, 4.69) is 15.4 Å². The first kappa shape index (κ1) is 24.3. The van der Waals surface area contributed by atoms with Crippen LogP contribution >= 0.6 is 0 Å². The molecular weight excluding hydrogens is 465 g/mol. The van der Waals surface area contributed by atoms with Crippen molar-refractivity contribution in [1.29, 1.82) is 0 Å². The number of amides is 4. The number of alkyl halides is 3. The highest BCUT2D eigenvalue weighted by Crippen LogP contribution is 2.32. The van der Waals surface area contributed by atoms with E-state index in [1.54, 1.807) is 0 Å². The van der Waals surface area contributed by atoms with Crippen molar-refractivity contribution < 1.29 is 42.0 Å². The van der Waals surface area contributed by atoms with Crippen molar-refractivity contribution >= 4 is 29.2 Å². The van der Waals surface area contributed by atoms with Gasteiger partial charge in [-0.1, -0.05) is 12.1 Å². The Bertz CT molecular complexity index is 1150. The van der Waals surface area contributed by atoms with Crippen LogP contribution in [0.25, 0.3) is 0 Å². The number of non-ortho nitro benzene ring substituents is 1. The van der Waals surface area contributed by atoms with Crippen LogP contribution in [0.4, 0.5) is 29.3 Å². The highest BCUT2D eigenvalue weighted by molar-refractivity contribution is 6.10. The third-order valence-corrected chi connectivity index (χ3v) is 4.91. The Morgan fingerprint density at radius 1 is 1.21 bits per heavy atom. The van der Waals surface area contributed by atoms with Crippen LogP contribution in [-0.4, -0.2) is 47.7 Å².